The maximum absolute atomic E-state index is 12.6. The van der Waals surface area contributed by atoms with Gasteiger partial charge in [-0.15, -0.1) is 0 Å². The van der Waals surface area contributed by atoms with Crippen LogP contribution in [0.3, 0.4) is 0 Å². The van der Waals surface area contributed by atoms with Gasteiger partial charge in [-0.05, 0) is 31.2 Å². The van der Waals surface area contributed by atoms with E-state index in [1.54, 1.807) is 31.2 Å². The third-order valence-electron chi connectivity index (χ3n) is 4.55. The lowest BCUT2D eigenvalue weighted by Gasteiger charge is -2.17. The predicted molar refractivity (Wildman–Crippen MR) is 79.7 cm³/mol. The van der Waals surface area contributed by atoms with Gasteiger partial charge in [0.05, 0.1) is 41.9 Å². The first-order valence-corrected chi connectivity index (χ1v) is 7.60. The summed E-state index contributed by atoms with van der Waals surface area (Å²) in [5, 5.41) is 0. The lowest BCUT2D eigenvalue weighted by Crippen LogP contribution is -2.34. The fourth-order valence-electron chi connectivity index (χ4n) is 3.52. The molecule has 2 amide bonds. The quantitative estimate of drug-likeness (QED) is 0.478. The van der Waals surface area contributed by atoms with E-state index in [0.29, 0.717) is 17.9 Å². The molecule has 23 heavy (non-hydrogen) atoms. The summed E-state index contributed by atoms with van der Waals surface area (Å²) in [5.41, 5.74) is 0.863. The van der Waals surface area contributed by atoms with Crippen LogP contribution in [0.25, 0.3) is 0 Å². The molecular weight excluding hydrogens is 298 g/mol. The Bertz CT molecular complexity index is 693. The Morgan fingerprint density at radius 1 is 1.09 bits per heavy atom. The number of ether oxygens (including phenoxy) is 2. The number of nitrogens with zero attached hydrogens (tertiary/aromatic N) is 1. The Hall–Kier alpha value is -2.47. The smallest absolute Gasteiger partial charge is 0.338 e. The van der Waals surface area contributed by atoms with Gasteiger partial charge >= 0.3 is 5.97 Å². The van der Waals surface area contributed by atoms with Crippen LogP contribution >= 0.6 is 0 Å². The second-order valence-electron chi connectivity index (χ2n) is 5.78. The molecule has 6 heteroatoms. The maximum atomic E-state index is 12.6. The molecule has 0 spiro atoms. The highest BCUT2D eigenvalue weighted by atomic mass is 16.5. The molecule has 3 heterocycles. The Morgan fingerprint density at radius 3 is 2.17 bits per heavy atom. The Kier molecular flexibility index (Phi) is 3.09. The van der Waals surface area contributed by atoms with E-state index in [-0.39, 0.29) is 24.0 Å². The Labute approximate surface area is 132 Å². The Morgan fingerprint density at radius 2 is 1.65 bits per heavy atom. The molecule has 2 saturated heterocycles. The molecule has 0 saturated carbocycles. The lowest BCUT2D eigenvalue weighted by molar-refractivity contribution is -0.124. The number of benzene rings is 1. The van der Waals surface area contributed by atoms with Crippen molar-refractivity contribution in [2.24, 2.45) is 11.8 Å². The molecule has 118 valence electrons. The summed E-state index contributed by atoms with van der Waals surface area (Å²) in [7, 11) is 0. The topological polar surface area (TPSA) is 72.9 Å². The number of carbonyl (C=O) groups is 3. The first kappa shape index (κ1) is 14.1. The van der Waals surface area contributed by atoms with Crippen molar-refractivity contribution >= 4 is 23.5 Å². The number of esters is 1. The van der Waals surface area contributed by atoms with Crippen LogP contribution in [0.15, 0.2) is 36.4 Å². The second kappa shape index (κ2) is 5.03. The molecule has 4 rings (SSSR count). The molecule has 2 fully saturated rings. The minimum Gasteiger partial charge on any atom is -0.462 e. The molecule has 0 aliphatic carbocycles. The lowest BCUT2D eigenvalue weighted by atomic mass is 9.85. The van der Waals surface area contributed by atoms with Crippen molar-refractivity contribution in [1.82, 2.24) is 0 Å². The van der Waals surface area contributed by atoms with Crippen molar-refractivity contribution in [3.05, 3.63) is 42.0 Å². The number of hydrogen-bond donors (Lipinski definition) is 0. The molecule has 3 aliphatic rings. The highest BCUT2D eigenvalue weighted by Crippen LogP contribution is 2.46. The fraction of sp³-hybridized carbons (Fsp3) is 0.353. The zero-order valence-corrected chi connectivity index (χ0v) is 12.5. The molecule has 4 atom stereocenters. The van der Waals surface area contributed by atoms with E-state index in [1.165, 1.54) is 4.90 Å². The molecule has 1 aromatic rings. The number of fused-ring (bicyclic) bond motifs is 5. The molecule has 3 aliphatic heterocycles. The predicted octanol–water partition coefficient (Wildman–Crippen LogP) is 1.31. The summed E-state index contributed by atoms with van der Waals surface area (Å²) >= 11 is 0. The van der Waals surface area contributed by atoms with Crippen molar-refractivity contribution in [2.75, 3.05) is 11.5 Å². The highest BCUT2D eigenvalue weighted by Gasteiger charge is 2.60. The van der Waals surface area contributed by atoms with E-state index in [0.717, 1.165) is 0 Å². The van der Waals surface area contributed by atoms with Crippen molar-refractivity contribution in [3.8, 4) is 0 Å². The van der Waals surface area contributed by atoms with E-state index >= 15 is 0 Å². The normalized spacial score (nSPS) is 30.9. The van der Waals surface area contributed by atoms with Crippen LogP contribution in [-0.4, -0.2) is 36.6 Å². The zero-order chi connectivity index (χ0) is 16.1. The van der Waals surface area contributed by atoms with Gasteiger partial charge < -0.3 is 9.47 Å². The molecule has 0 unspecified atom stereocenters. The number of anilines is 1. The summed E-state index contributed by atoms with van der Waals surface area (Å²) in [6.07, 6.45) is 3.10. The highest BCUT2D eigenvalue weighted by molar-refractivity contribution is 6.23. The minimum atomic E-state index is -0.428. The summed E-state index contributed by atoms with van der Waals surface area (Å²) in [6, 6.07) is 6.31. The SMILES string of the molecule is CCOC(=O)c1ccc(N2C(=O)[C@H]3[C@H](C2=O)[C@H]2C=C[C@H]3O2)cc1. The van der Waals surface area contributed by atoms with Crippen LogP contribution in [0, 0.1) is 11.8 Å². The molecule has 6 nitrogen and oxygen atoms in total. The van der Waals surface area contributed by atoms with Gasteiger partial charge in [0.15, 0.2) is 0 Å². The first-order chi connectivity index (χ1) is 11.1. The maximum Gasteiger partial charge on any atom is 0.338 e. The van der Waals surface area contributed by atoms with Gasteiger partial charge in [-0.2, -0.15) is 0 Å². The van der Waals surface area contributed by atoms with Gasteiger partial charge in [0.2, 0.25) is 11.8 Å². The van der Waals surface area contributed by atoms with Crippen molar-refractivity contribution in [1.29, 1.82) is 0 Å². The summed E-state index contributed by atoms with van der Waals surface area (Å²) in [5.74, 6) is -1.75. The van der Waals surface area contributed by atoms with E-state index in [4.69, 9.17) is 9.47 Å². The van der Waals surface area contributed by atoms with Gasteiger partial charge in [0.25, 0.3) is 0 Å². The van der Waals surface area contributed by atoms with Gasteiger partial charge in [-0.3, -0.25) is 9.59 Å². The number of carbonyl (C=O) groups excluding carboxylic acids is 3. The first-order valence-electron chi connectivity index (χ1n) is 7.60. The van der Waals surface area contributed by atoms with Crippen LogP contribution < -0.4 is 4.90 Å². The third-order valence-corrected chi connectivity index (χ3v) is 4.55. The molecule has 0 N–H and O–H groups in total. The van der Waals surface area contributed by atoms with Crippen molar-refractivity contribution < 1.29 is 23.9 Å². The molecule has 2 bridgehead atoms. The monoisotopic (exact) mass is 313 g/mol. The van der Waals surface area contributed by atoms with E-state index in [2.05, 4.69) is 0 Å². The number of rotatable bonds is 3. The van der Waals surface area contributed by atoms with Crippen LogP contribution in [0.1, 0.15) is 17.3 Å². The van der Waals surface area contributed by atoms with Crippen LogP contribution in [0.2, 0.25) is 0 Å². The van der Waals surface area contributed by atoms with Crippen LogP contribution in [0.4, 0.5) is 5.69 Å². The average molecular weight is 313 g/mol. The minimum absolute atomic E-state index is 0.235. The van der Waals surface area contributed by atoms with E-state index in [1.807, 2.05) is 12.2 Å². The zero-order valence-electron chi connectivity index (χ0n) is 12.5. The standard InChI is InChI=1S/C17H15NO5/c1-2-22-17(21)9-3-5-10(6-4-9)18-15(19)13-11-7-8-12(23-11)14(13)16(18)20/h3-8,11-14H,2H2,1H3/t11-,12-,13-,14-/m1/s1. The van der Waals surface area contributed by atoms with Crippen molar-refractivity contribution in [3.63, 3.8) is 0 Å². The molecule has 0 radical (unpaired) electrons. The fourth-order valence-corrected chi connectivity index (χ4v) is 3.52. The molecular formula is C17H15NO5. The van der Waals surface area contributed by atoms with Gasteiger partial charge in [0, 0.05) is 0 Å². The largest absolute Gasteiger partial charge is 0.462 e. The molecule has 0 aromatic heterocycles. The Balaban J connectivity index is 1.61. The second-order valence-corrected chi connectivity index (χ2v) is 5.78. The number of hydrogen-bond acceptors (Lipinski definition) is 5. The number of imide groups is 1. The van der Waals surface area contributed by atoms with Crippen molar-refractivity contribution in [2.45, 2.75) is 19.1 Å². The summed E-state index contributed by atoms with van der Waals surface area (Å²) in [4.78, 5) is 38.1. The number of amides is 2. The summed E-state index contributed by atoms with van der Waals surface area (Å²) in [6.45, 7) is 2.03. The van der Waals surface area contributed by atoms with Gasteiger partial charge in [-0.25, -0.2) is 9.69 Å². The molecule has 1 aromatic carbocycles. The van der Waals surface area contributed by atoms with Gasteiger partial charge in [-0.1, -0.05) is 12.2 Å². The third kappa shape index (κ3) is 1.95. The van der Waals surface area contributed by atoms with E-state index < -0.39 is 17.8 Å². The summed E-state index contributed by atoms with van der Waals surface area (Å²) < 4.78 is 10.5. The van der Waals surface area contributed by atoms with Crippen LogP contribution in [-0.2, 0) is 19.1 Å². The van der Waals surface area contributed by atoms with Crippen LogP contribution in [0.5, 0.6) is 0 Å². The van der Waals surface area contributed by atoms with Gasteiger partial charge in [0.1, 0.15) is 0 Å². The average Bonchev–Trinajstić information content (AvgIpc) is 3.22. The van der Waals surface area contributed by atoms with E-state index in [9.17, 15) is 14.4 Å².